The van der Waals surface area contributed by atoms with Crippen LogP contribution in [-0.4, -0.2) is 37.1 Å². The van der Waals surface area contributed by atoms with E-state index < -0.39 is 0 Å². The zero-order chi connectivity index (χ0) is 13.0. The Hall–Kier alpha value is -1.32. The Morgan fingerprint density at radius 3 is 2.78 bits per heavy atom. The van der Waals surface area contributed by atoms with Crippen LogP contribution in [0.25, 0.3) is 10.9 Å². The SMILES string of the molecule is CCCNC(CN(C)C)c1c[nH]c2ccccc12. The number of aromatic amines is 1. The Kier molecular flexibility index (Phi) is 4.39. The monoisotopic (exact) mass is 245 g/mol. The lowest BCUT2D eigenvalue weighted by molar-refractivity contribution is 0.343. The van der Waals surface area contributed by atoms with Crippen molar-refractivity contribution in [3.63, 3.8) is 0 Å². The van der Waals surface area contributed by atoms with Crippen LogP contribution in [0.2, 0.25) is 0 Å². The Morgan fingerprint density at radius 2 is 2.06 bits per heavy atom. The topological polar surface area (TPSA) is 31.1 Å². The molecule has 1 unspecified atom stereocenters. The molecule has 2 N–H and O–H groups in total. The molecule has 0 saturated heterocycles. The molecule has 1 aromatic heterocycles. The maximum absolute atomic E-state index is 3.63. The predicted molar refractivity (Wildman–Crippen MR) is 77.9 cm³/mol. The van der Waals surface area contributed by atoms with Crippen LogP contribution in [0, 0.1) is 0 Å². The van der Waals surface area contributed by atoms with Crippen LogP contribution in [0.3, 0.4) is 0 Å². The van der Waals surface area contributed by atoms with E-state index in [9.17, 15) is 0 Å². The number of nitrogens with one attached hydrogen (secondary N) is 2. The third-order valence-electron chi connectivity index (χ3n) is 3.19. The van der Waals surface area contributed by atoms with Gasteiger partial charge < -0.3 is 15.2 Å². The third-order valence-corrected chi connectivity index (χ3v) is 3.19. The number of hydrogen-bond donors (Lipinski definition) is 2. The van der Waals surface area contributed by atoms with E-state index >= 15 is 0 Å². The van der Waals surface area contributed by atoms with Crippen molar-refractivity contribution in [1.29, 1.82) is 0 Å². The van der Waals surface area contributed by atoms with Gasteiger partial charge in [0.15, 0.2) is 0 Å². The zero-order valence-corrected chi connectivity index (χ0v) is 11.5. The Morgan fingerprint density at radius 1 is 1.28 bits per heavy atom. The summed E-state index contributed by atoms with van der Waals surface area (Å²) < 4.78 is 0. The summed E-state index contributed by atoms with van der Waals surface area (Å²) in [6.07, 6.45) is 3.30. The first kappa shape index (κ1) is 13.1. The van der Waals surface area contributed by atoms with Crippen molar-refractivity contribution >= 4 is 10.9 Å². The third kappa shape index (κ3) is 2.92. The van der Waals surface area contributed by atoms with Gasteiger partial charge in [-0.3, -0.25) is 0 Å². The molecule has 0 aliphatic carbocycles. The Bertz CT molecular complexity index is 487. The van der Waals surface area contributed by atoms with Gasteiger partial charge in [0.2, 0.25) is 0 Å². The number of rotatable bonds is 6. The van der Waals surface area contributed by atoms with Crippen LogP contribution in [0.15, 0.2) is 30.5 Å². The Labute approximate surface area is 109 Å². The van der Waals surface area contributed by atoms with Gasteiger partial charge >= 0.3 is 0 Å². The fourth-order valence-corrected chi connectivity index (χ4v) is 2.34. The molecule has 3 heteroatoms. The van der Waals surface area contributed by atoms with E-state index in [2.05, 4.69) is 66.7 Å². The van der Waals surface area contributed by atoms with Crippen LogP contribution < -0.4 is 5.32 Å². The number of likely N-dealkylation sites (N-methyl/N-ethyl adjacent to an activating group) is 1. The summed E-state index contributed by atoms with van der Waals surface area (Å²) >= 11 is 0. The first-order valence-electron chi connectivity index (χ1n) is 6.66. The minimum Gasteiger partial charge on any atom is -0.361 e. The molecular formula is C15H23N3. The second-order valence-electron chi connectivity index (χ2n) is 5.06. The number of para-hydroxylation sites is 1. The average Bonchev–Trinajstić information content (AvgIpc) is 2.78. The number of fused-ring (bicyclic) bond motifs is 1. The van der Waals surface area contributed by atoms with E-state index in [4.69, 9.17) is 0 Å². The van der Waals surface area contributed by atoms with Crippen molar-refractivity contribution in [2.24, 2.45) is 0 Å². The molecule has 2 rings (SSSR count). The van der Waals surface area contributed by atoms with Crippen molar-refractivity contribution in [2.75, 3.05) is 27.2 Å². The highest BCUT2D eigenvalue weighted by atomic mass is 15.1. The number of hydrogen-bond acceptors (Lipinski definition) is 2. The first-order chi connectivity index (χ1) is 8.72. The minimum atomic E-state index is 0.385. The predicted octanol–water partition coefficient (Wildman–Crippen LogP) is 2.77. The van der Waals surface area contributed by atoms with Crippen LogP contribution in [0.1, 0.15) is 24.9 Å². The molecule has 0 aliphatic rings. The molecule has 0 saturated carbocycles. The summed E-state index contributed by atoms with van der Waals surface area (Å²) in [5, 5.41) is 4.96. The fraction of sp³-hybridized carbons (Fsp3) is 0.467. The zero-order valence-electron chi connectivity index (χ0n) is 11.5. The lowest BCUT2D eigenvalue weighted by atomic mass is 10.1. The summed E-state index contributed by atoms with van der Waals surface area (Å²) in [6, 6.07) is 8.88. The molecule has 1 heterocycles. The molecule has 18 heavy (non-hydrogen) atoms. The molecule has 0 aliphatic heterocycles. The van der Waals surface area contributed by atoms with Crippen LogP contribution in [-0.2, 0) is 0 Å². The molecule has 0 fully saturated rings. The molecule has 1 aromatic carbocycles. The molecule has 0 spiro atoms. The highest BCUT2D eigenvalue weighted by Gasteiger charge is 2.15. The molecule has 0 amide bonds. The van der Waals surface area contributed by atoms with Crippen molar-refractivity contribution in [3.05, 3.63) is 36.0 Å². The van der Waals surface area contributed by atoms with E-state index in [1.165, 1.54) is 16.5 Å². The van der Waals surface area contributed by atoms with E-state index in [0.717, 1.165) is 19.5 Å². The molecule has 2 aromatic rings. The van der Waals surface area contributed by atoms with E-state index in [1.54, 1.807) is 0 Å². The summed E-state index contributed by atoms with van der Waals surface area (Å²) in [5.41, 5.74) is 2.59. The molecule has 0 bridgehead atoms. The lowest BCUT2D eigenvalue weighted by Gasteiger charge is -2.22. The summed E-state index contributed by atoms with van der Waals surface area (Å²) in [4.78, 5) is 5.59. The molecular weight excluding hydrogens is 222 g/mol. The van der Waals surface area contributed by atoms with Crippen molar-refractivity contribution in [2.45, 2.75) is 19.4 Å². The van der Waals surface area contributed by atoms with Crippen molar-refractivity contribution < 1.29 is 0 Å². The fourth-order valence-electron chi connectivity index (χ4n) is 2.34. The van der Waals surface area contributed by atoms with Gasteiger partial charge in [-0.2, -0.15) is 0 Å². The number of H-pyrrole nitrogens is 1. The van der Waals surface area contributed by atoms with Gasteiger partial charge in [-0.15, -0.1) is 0 Å². The molecule has 1 atom stereocenters. The molecule has 0 radical (unpaired) electrons. The van der Waals surface area contributed by atoms with Crippen LogP contribution >= 0.6 is 0 Å². The number of nitrogens with zero attached hydrogens (tertiary/aromatic N) is 1. The standard InChI is InChI=1S/C15H23N3/c1-4-9-16-15(11-18(2)3)13-10-17-14-8-6-5-7-12(13)14/h5-8,10,15-17H,4,9,11H2,1-3H3. The van der Waals surface area contributed by atoms with Crippen molar-refractivity contribution in [3.8, 4) is 0 Å². The quantitative estimate of drug-likeness (QED) is 0.820. The average molecular weight is 245 g/mol. The van der Waals surface area contributed by atoms with Gasteiger partial charge in [0.25, 0.3) is 0 Å². The van der Waals surface area contributed by atoms with Gasteiger partial charge in [0, 0.05) is 29.7 Å². The van der Waals surface area contributed by atoms with E-state index in [-0.39, 0.29) is 0 Å². The molecule has 3 nitrogen and oxygen atoms in total. The smallest absolute Gasteiger partial charge is 0.0470 e. The molecule has 98 valence electrons. The summed E-state index contributed by atoms with van der Waals surface area (Å²) in [7, 11) is 4.24. The van der Waals surface area contributed by atoms with E-state index in [1.807, 2.05) is 0 Å². The van der Waals surface area contributed by atoms with E-state index in [0.29, 0.717) is 6.04 Å². The van der Waals surface area contributed by atoms with Crippen molar-refractivity contribution in [1.82, 2.24) is 15.2 Å². The highest BCUT2D eigenvalue weighted by molar-refractivity contribution is 5.83. The summed E-state index contributed by atoms with van der Waals surface area (Å²) in [5.74, 6) is 0. The second-order valence-corrected chi connectivity index (χ2v) is 5.06. The minimum absolute atomic E-state index is 0.385. The maximum atomic E-state index is 3.63. The van der Waals surface area contributed by atoms with Crippen LogP contribution in [0.4, 0.5) is 0 Å². The van der Waals surface area contributed by atoms with Gasteiger partial charge in [-0.1, -0.05) is 25.1 Å². The summed E-state index contributed by atoms with van der Waals surface area (Å²) in [6.45, 7) is 4.27. The van der Waals surface area contributed by atoms with Gasteiger partial charge in [-0.25, -0.2) is 0 Å². The van der Waals surface area contributed by atoms with Gasteiger partial charge in [-0.05, 0) is 38.7 Å². The van der Waals surface area contributed by atoms with Gasteiger partial charge in [0.05, 0.1) is 0 Å². The lowest BCUT2D eigenvalue weighted by Crippen LogP contribution is -2.31. The number of aromatic nitrogens is 1. The Balaban J connectivity index is 2.28. The largest absolute Gasteiger partial charge is 0.361 e. The second kappa shape index (κ2) is 6.03. The normalized spacial score (nSPS) is 13.3. The van der Waals surface area contributed by atoms with Crippen LogP contribution in [0.5, 0.6) is 0 Å². The maximum Gasteiger partial charge on any atom is 0.0470 e. The first-order valence-corrected chi connectivity index (χ1v) is 6.66. The highest BCUT2D eigenvalue weighted by Crippen LogP contribution is 2.24. The number of benzene rings is 1. The van der Waals surface area contributed by atoms with Gasteiger partial charge in [0.1, 0.15) is 0 Å².